The molecule has 1 aromatic carbocycles. The van der Waals surface area contributed by atoms with Crippen molar-refractivity contribution in [3.05, 3.63) is 47.2 Å². The van der Waals surface area contributed by atoms with E-state index >= 15 is 0 Å². The highest BCUT2D eigenvalue weighted by atomic mass is 16.8. The predicted molar refractivity (Wildman–Crippen MR) is 126 cm³/mol. The van der Waals surface area contributed by atoms with Crippen LogP contribution in [0.1, 0.15) is 18.9 Å². The molecule has 13 nitrogen and oxygen atoms in total. The van der Waals surface area contributed by atoms with Gasteiger partial charge in [-0.25, -0.2) is 4.79 Å². The number of aliphatic hydroxyl groups is 4. The molecule has 2 aliphatic heterocycles. The number of methoxy groups -OCH3 is 1. The Morgan fingerprint density at radius 3 is 2.45 bits per heavy atom. The number of rotatable bonds is 9. The molecular weight excluding hydrogens is 508 g/mol. The highest BCUT2D eigenvalue weighted by Gasteiger charge is 2.46. The van der Waals surface area contributed by atoms with E-state index in [2.05, 4.69) is 0 Å². The van der Waals surface area contributed by atoms with Crippen molar-refractivity contribution in [2.45, 2.75) is 56.8 Å². The molecule has 1 fully saturated rings. The molecule has 1 aromatic rings. The maximum absolute atomic E-state index is 12.7. The number of phenolic OH excluding ortho intramolecular Hbond substituents is 2. The van der Waals surface area contributed by atoms with Gasteiger partial charge in [-0.2, -0.15) is 0 Å². The number of hydrogen-bond acceptors (Lipinski definition) is 13. The maximum atomic E-state index is 12.7. The van der Waals surface area contributed by atoms with Crippen LogP contribution in [0.3, 0.4) is 0 Å². The van der Waals surface area contributed by atoms with Gasteiger partial charge in [0.25, 0.3) is 0 Å². The van der Waals surface area contributed by atoms with E-state index in [1.54, 1.807) is 19.1 Å². The fourth-order valence-corrected chi connectivity index (χ4v) is 4.16. The molecule has 0 aliphatic carbocycles. The lowest BCUT2D eigenvalue weighted by Crippen LogP contribution is -2.60. The van der Waals surface area contributed by atoms with Crippen molar-refractivity contribution in [3.63, 3.8) is 0 Å². The predicted octanol–water partition coefficient (Wildman–Crippen LogP) is -0.634. The number of phenols is 2. The molecule has 0 amide bonds. The first-order valence-corrected chi connectivity index (χ1v) is 11.8. The van der Waals surface area contributed by atoms with Gasteiger partial charge in [-0.15, -0.1) is 0 Å². The standard InChI is InChI=1S/C25H32O13/c1-3-13-14(9-19(29)35-7-6-12-4-5-16(27)17(28)8-12)15(23(33)34-2)11-36-24(13)38-25-22(32)21(31)20(30)18(10-26)37-25/h3-5,8,11,14,18,20-22,24-28,30-32H,6-7,9-10H2,1-2H3/b13-3+/t14-,18?,20+,21+,22?,24-,25-/m0/s1. The van der Waals surface area contributed by atoms with Gasteiger partial charge in [0.05, 0.1) is 38.6 Å². The number of carbonyl (C=O) groups excluding carboxylic acids is 2. The van der Waals surface area contributed by atoms with E-state index in [1.165, 1.54) is 12.1 Å². The lowest BCUT2D eigenvalue weighted by atomic mass is 9.86. The molecule has 0 aromatic heterocycles. The second kappa shape index (κ2) is 13.0. The Bertz CT molecular complexity index is 1050. The molecule has 0 radical (unpaired) electrons. The monoisotopic (exact) mass is 540 g/mol. The molecule has 2 aliphatic rings. The molecule has 13 heteroatoms. The molecule has 2 unspecified atom stereocenters. The van der Waals surface area contributed by atoms with Crippen molar-refractivity contribution >= 4 is 11.9 Å². The average Bonchev–Trinajstić information content (AvgIpc) is 2.90. The summed E-state index contributed by atoms with van der Waals surface area (Å²) in [5.41, 5.74) is 0.927. The van der Waals surface area contributed by atoms with Crippen molar-refractivity contribution in [2.24, 2.45) is 5.92 Å². The molecule has 210 valence electrons. The third-order valence-electron chi connectivity index (χ3n) is 6.29. The second-order valence-corrected chi connectivity index (χ2v) is 8.71. The Hall–Kier alpha value is -3.20. The van der Waals surface area contributed by atoms with Crippen LogP contribution in [0.25, 0.3) is 0 Å². The Labute approximate surface area is 218 Å². The zero-order valence-corrected chi connectivity index (χ0v) is 20.8. The topological polar surface area (TPSA) is 202 Å². The van der Waals surface area contributed by atoms with Gasteiger partial charge in [-0.1, -0.05) is 12.1 Å². The molecule has 0 spiro atoms. The largest absolute Gasteiger partial charge is 0.504 e. The quantitative estimate of drug-likeness (QED) is 0.131. The molecule has 38 heavy (non-hydrogen) atoms. The molecule has 2 heterocycles. The zero-order valence-electron chi connectivity index (χ0n) is 20.8. The van der Waals surface area contributed by atoms with Crippen LogP contribution in [0, 0.1) is 5.92 Å². The van der Waals surface area contributed by atoms with Crippen molar-refractivity contribution < 1.29 is 63.9 Å². The summed E-state index contributed by atoms with van der Waals surface area (Å²) in [6, 6.07) is 4.23. The van der Waals surface area contributed by atoms with E-state index in [9.17, 15) is 40.2 Å². The number of esters is 2. The van der Waals surface area contributed by atoms with Gasteiger partial charge in [0.15, 0.2) is 17.8 Å². The molecule has 1 saturated heterocycles. The number of hydrogen-bond donors (Lipinski definition) is 6. The molecule has 0 saturated carbocycles. The Kier molecular flexibility index (Phi) is 10.1. The van der Waals surface area contributed by atoms with Gasteiger partial charge in [-0.05, 0) is 24.6 Å². The zero-order chi connectivity index (χ0) is 28.0. The second-order valence-electron chi connectivity index (χ2n) is 8.71. The SMILES string of the molecule is C/C=C1/[C@H](O[C@@H]2OC(CO)[C@@H](O)[C@@H](O)C2O)OC=C(C(=O)OC)[C@H]1CC(=O)OCCc1ccc(O)c(O)c1. The number of aliphatic hydroxyl groups excluding tert-OH is 4. The number of carbonyl (C=O) groups is 2. The summed E-state index contributed by atoms with van der Waals surface area (Å²) in [5, 5.41) is 58.8. The van der Waals surface area contributed by atoms with Crippen LogP contribution in [-0.2, 0) is 39.7 Å². The van der Waals surface area contributed by atoms with Crippen LogP contribution < -0.4 is 0 Å². The summed E-state index contributed by atoms with van der Waals surface area (Å²) in [7, 11) is 1.16. The number of aromatic hydroxyl groups is 2. The van der Waals surface area contributed by atoms with Crippen LogP contribution in [-0.4, -0.2) is 99.9 Å². The van der Waals surface area contributed by atoms with Crippen molar-refractivity contribution in [1.82, 2.24) is 0 Å². The first-order valence-electron chi connectivity index (χ1n) is 11.8. The van der Waals surface area contributed by atoms with Crippen LogP contribution in [0.15, 0.2) is 41.7 Å². The van der Waals surface area contributed by atoms with Crippen LogP contribution in [0.2, 0.25) is 0 Å². The summed E-state index contributed by atoms with van der Waals surface area (Å²) in [6.07, 6.45) is -6.39. The minimum atomic E-state index is -1.69. The van der Waals surface area contributed by atoms with E-state index in [1.807, 2.05) is 0 Å². The van der Waals surface area contributed by atoms with E-state index in [0.29, 0.717) is 11.1 Å². The third kappa shape index (κ3) is 6.62. The molecule has 6 N–H and O–H groups in total. The fourth-order valence-electron chi connectivity index (χ4n) is 4.16. The van der Waals surface area contributed by atoms with Crippen molar-refractivity contribution in [3.8, 4) is 11.5 Å². The van der Waals surface area contributed by atoms with Gasteiger partial charge in [0.1, 0.15) is 24.4 Å². The van der Waals surface area contributed by atoms with Gasteiger partial charge < -0.3 is 54.3 Å². The average molecular weight is 541 g/mol. The summed E-state index contributed by atoms with van der Waals surface area (Å²) in [5.74, 6) is -2.89. The van der Waals surface area contributed by atoms with Crippen molar-refractivity contribution in [1.29, 1.82) is 0 Å². The highest BCUT2D eigenvalue weighted by Crippen LogP contribution is 2.36. The van der Waals surface area contributed by atoms with E-state index in [4.69, 9.17) is 23.7 Å². The first kappa shape index (κ1) is 29.4. The lowest BCUT2D eigenvalue weighted by Gasteiger charge is -2.41. The summed E-state index contributed by atoms with van der Waals surface area (Å²) < 4.78 is 26.7. The minimum absolute atomic E-state index is 0.00894. The van der Waals surface area contributed by atoms with E-state index < -0.39 is 61.5 Å². The Balaban J connectivity index is 1.71. The highest BCUT2D eigenvalue weighted by molar-refractivity contribution is 5.90. The van der Waals surface area contributed by atoms with Gasteiger partial charge >= 0.3 is 11.9 Å². The summed E-state index contributed by atoms with van der Waals surface area (Å²) in [4.78, 5) is 25.1. The number of ether oxygens (including phenoxy) is 5. The maximum Gasteiger partial charge on any atom is 0.337 e. The summed E-state index contributed by atoms with van der Waals surface area (Å²) in [6.45, 7) is 0.912. The van der Waals surface area contributed by atoms with Crippen molar-refractivity contribution in [2.75, 3.05) is 20.3 Å². The normalized spacial score (nSPS) is 30.3. The van der Waals surface area contributed by atoms with Gasteiger partial charge in [0, 0.05) is 17.9 Å². The van der Waals surface area contributed by atoms with Crippen LogP contribution >= 0.6 is 0 Å². The van der Waals surface area contributed by atoms with Gasteiger partial charge in [-0.3, -0.25) is 4.79 Å². The minimum Gasteiger partial charge on any atom is -0.504 e. The van der Waals surface area contributed by atoms with Crippen LogP contribution in [0.5, 0.6) is 11.5 Å². The number of benzene rings is 1. The first-order chi connectivity index (χ1) is 18.1. The Morgan fingerprint density at radius 2 is 1.82 bits per heavy atom. The van der Waals surface area contributed by atoms with E-state index in [0.717, 1.165) is 13.4 Å². The molecule has 3 rings (SSSR count). The summed E-state index contributed by atoms with van der Waals surface area (Å²) >= 11 is 0. The van der Waals surface area contributed by atoms with Crippen LogP contribution in [0.4, 0.5) is 0 Å². The fraction of sp³-hybridized carbons (Fsp3) is 0.520. The third-order valence-corrected chi connectivity index (χ3v) is 6.29. The smallest absolute Gasteiger partial charge is 0.337 e. The van der Waals surface area contributed by atoms with E-state index in [-0.39, 0.29) is 36.5 Å². The van der Waals surface area contributed by atoms with Gasteiger partial charge in [0.2, 0.25) is 6.29 Å². The molecule has 0 bridgehead atoms. The Morgan fingerprint density at radius 1 is 1.08 bits per heavy atom. The lowest BCUT2D eigenvalue weighted by molar-refractivity contribution is -0.327. The molecular formula is C25H32O13. The molecule has 7 atom stereocenters. The number of allylic oxidation sites excluding steroid dienone is 1.